The average Bonchev–Trinajstić information content (AvgIpc) is 3.11. The lowest BCUT2D eigenvalue weighted by Crippen LogP contribution is -2.43. The molecule has 1 N–H and O–H groups in total. The number of carbonyl (C=O) groups excluding carboxylic acids is 3. The van der Waals surface area contributed by atoms with Crippen molar-refractivity contribution in [3.63, 3.8) is 0 Å². The molecule has 3 aliphatic rings. The van der Waals surface area contributed by atoms with E-state index in [2.05, 4.69) is 5.32 Å². The minimum atomic E-state index is -1.08. The number of hydrogen-bond donors (Lipinski definition) is 1. The molecule has 1 saturated carbocycles. The number of rotatable bonds is 9. The van der Waals surface area contributed by atoms with Crippen LogP contribution >= 0.6 is 11.6 Å². The van der Waals surface area contributed by atoms with E-state index in [1.807, 2.05) is 30.3 Å². The monoisotopic (exact) mass is 500 g/mol. The normalized spacial score (nSPS) is 24.6. The van der Waals surface area contributed by atoms with Gasteiger partial charge in [0.05, 0.1) is 12.5 Å². The highest BCUT2D eigenvalue weighted by Crippen LogP contribution is 2.53. The molecule has 190 valence electrons. The van der Waals surface area contributed by atoms with Crippen LogP contribution in [0, 0.1) is 17.3 Å². The van der Waals surface area contributed by atoms with Crippen molar-refractivity contribution >= 4 is 29.4 Å². The van der Waals surface area contributed by atoms with Gasteiger partial charge < -0.3 is 15.0 Å². The van der Waals surface area contributed by atoms with Gasteiger partial charge in [-0.3, -0.25) is 14.4 Å². The highest BCUT2D eigenvalue weighted by atomic mass is 35.5. The second-order valence-electron chi connectivity index (χ2n) is 10.1. The Morgan fingerprint density at radius 2 is 1.89 bits per heavy atom. The number of fused-ring (bicyclic) bond motifs is 1. The van der Waals surface area contributed by atoms with E-state index in [0.29, 0.717) is 36.9 Å². The number of ether oxygens (including phenoxy) is 1. The second kappa shape index (κ2) is 11.6. The Morgan fingerprint density at radius 1 is 1.14 bits per heavy atom. The third-order valence-electron chi connectivity index (χ3n) is 7.90. The molecule has 1 aromatic rings. The van der Waals surface area contributed by atoms with E-state index in [4.69, 9.17) is 16.3 Å². The second-order valence-corrected chi connectivity index (χ2v) is 10.5. The highest BCUT2D eigenvalue weighted by molar-refractivity contribution is 6.30. The van der Waals surface area contributed by atoms with Crippen LogP contribution in [0.25, 0.3) is 0 Å². The van der Waals surface area contributed by atoms with Gasteiger partial charge in [0.1, 0.15) is 5.41 Å². The zero-order chi connectivity index (χ0) is 24.8. The molecule has 0 spiro atoms. The number of nitrogens with zero attached hydrogens (tertiary/aromatic N) is 1. The first-order valence-corrected chi connectivity index (χ1v) is 13.5. The fraction of sp³-hybridized carbons (Fsp3) is 0.607. The standard InChI is InChI=1S/C28H37ClN2O4/c1-2-35-27(34)28-16-7-6-10-24(28)31(17-15-20-11-13-22(29)14-12-20)26(33)23(28)18-25(32)30-19-21-8-4-3-5-9-21/h10-14,21,23H,2-9,15-19H2,1H3,(H,30,32)/t23-,28-/m1/s1. The largest absolute Gasteiger partial charge is 0.465 e. The number of allylic oxidation sites excluding steroid dienone is 1. The molecule has 1 aromatic carbocycles. The predicted octanol–water partition coefficient (Wildman–Crippen LogP) is 5.04. The quantitative estimate of drug-likeness (QED) is 0.482. The van der Waals surface area contributed by atoms with Crippen LogP contribution in [0.3, 0.4) is 0 Å². The summed E-state index contributed by atoms with van der Waals surface area (Å²) in [5.41, 5.74) is 0.716. The summed E-state index contributed by atoms with van der Waals surface area (Å²) in [6, 6.07) is 7.58. The molecule has 0 unspecified atom stereocenters. The Kier molecular flexibility index (Phi) is 8.53. The van der Waals surface area contributed by atoms with Crippen LogP contribution in [0.4, 0.5) is 0 Å². The van der Waals surface area contributed by atoms with Crippen LogP contribution < -0.4 is 5.32 Å². The number of carbonyl (C=O) groups is 3. The Hall–Kier alpha value is -2.34. The Bertz CT molecular complexity index is 954. The average molecular weight is 501 g/mol. The lowest BCUT2D eigenvalue weighted by atomic mass is 9.68. The summed E-state index contributed by atoms with van der Waals surface area (Å²) in [5.74, 6) is -0.898. The van der Waals surface area contributed by atoms with Crippen molar-refractivity contribution in [2.24, 2.45) is 17.3 Å². The number of likely N-dealkylation sites (tertiary alicyclic amines) is 1. The van der Waals surface area contributed by atoms with Crippen LogP contribution in [0.15, 0.2) is 36.0 Å². The van der Waals surface area contributed by atoms with Gasteiger partial charge in [0.2, 0.25) is 11.8 Å². The third kappa shape index (κ3) is 5.58. The van der Waals surface area contributed by atoms with Gasteiger partial charge >= 0.3 is 5.97 Å². The van der Waals surface area contributed by atoms with Gasteiger partial charge in [-0.05, 0) is 69.1 Å². The van der Waals surface area contributed by atoms with Gasteiger partial charge in [-0.2, -0.15) is 0 Å². The smallest absolute Gasteiger partial charge is 0.318 e. The molecule has 2 atom stereocenters. The first-order chi connectivity index (χ1) is 17.0. The summed E-state index contributed by atoms with van der Waals surface area (Å²) >= 11 is 6.02. The van der Waals surface area contributed by atoms with Crippen LogP contribution in [0.1, 0.15) is 70.3 Å². The molecule has 0 aromatic heterocycles. The molecule has 2 amide bonds. The van der Waals surface area contributed by atoms with Crippen LogP contribution in [-0.4, -0.2) is 42.4 Å². The van der Waals surface area contributed by atoms with E-state index in [0.717, 1.165) is 36.9 Å². The molecule has 1 heterocycles. The zero-order valence-corrected chi connectivity index (χ0v) is 21.4. The molecule has 6 nitrogen and oxygen atoms in total. The van der Waals surface area contributed by atoms with E-state index < -0.39 is 11.3 Å². The van der Waals surface area contributed by atoms with Gasteiger partial charge in [0.15, 0.2) is 0 Å². The molecule has 7 heteroatoms. The molecule has 2 fully saturated rings. The maximum Gasteiger partial charge on any atom is 0.318 e. The zero-order valence-electron chi connectivity index (χ0n) is 20.7. The Balaban J connectivity index is 1.53. The number of halogens is 1. The fourth-order valence-electron chi connectivity index (χ4n) is 6.05. The van der Waals surface area contributed by atoms with Crippen molar-refractivity contribution in [3.05, 3.63) is 46.6 Å². The van der Waals surface area contributed by atoms with Gasteiger partial charge in [-0.15, -0.1) is 0 Å². The molecule has 4 rings (SSSR count). The van der Waals surface area contributed by atoms with Crippen molar-refractivity contribution in [2.75, 3.05) is 19.7 Å². The fourth-order valence-corrected chi connectivity index (χ4v) is 6.18. The molecule has 1 saturated heterocycles. The predicted molar refractivity (Wildman–Crippen MR) is 136 cm³/mol. The highest BCUT2D eigenvalue weighted by Gasteiger charge is 2.61. The topological polar surface area (TPSA) is 75.7 Å². The van der Waals surface area contributed by atoms with Crippen LogP contribution in [-0.2, 0) is 25.5 Å². The van der Waals surface area contributed by atoms with E-state index in [1.54, 1.807) is 11.8 Å². The van der Waals surface area contributed by atoms with Gasteiger partial charge in [0, 0.05) is 30.2 Å². The number of amides is 2. The van der Waals surface area contributed by atoms with Crippen LogP contribution in [0.5, 0.6) is 0 Å². The molecule has 0 bridgehead atoms. The minimum Gasteiger partial charge on any atom is -0.465 e. The van der Waals surface area contributed by atoms with Crippen molar-refractivity contribution < 1.29 is 19.1 Å². The Morgan fingerprint density at radius 3 is 2.60 bits per heavy atom. The Labute approximate surface area is 213 Å². The van der Waals surface area contributed by atoms with Crippen LogP contribution in [0.2, 0.25) is 5.02 Å². The summed E-state index contributed by atoms with van der Waals surface area (Å²) in [5, 5.41) is 3.74. The molecular formula is C28H37ClN2O4. The molecule has 1 aliphatic heterocycles. The van der Waals surface area contributed by atoms with Crippen molar-refractivity contribution in [1.82, 2.24) is 10.2 Å². The molecule has 35 heavy (non-hydrogen) atoms. The van der Waals surface area contributed by atoms with Gasteiger partial charge in [0.25, 0.3) is 0 Å². The lowest BCUT2D eigenvalue weighted by molar-refractivity contribution is -0.158. The summed E-state index contributed by atoms with van der Waals surface area (Å²) in [7, 11) is 0. The molecule has 0 radical (unpaired) electrons. The summed E-state index contributed by atoms with van der Waals surface area (Å²) in [4.78, 5) is 42.0. The number of esters is 1. The van der Waals surface area contributed by atoms with Gasteiger partial charge in [-0.1, -0.05) is 49.1 Å². The lowest BCUT2D eigenvalue weighted by Gasteiger charge is -2.35. The third-order valence-corrected chi connectivity index (χ3v) is 8.15. The van der Waals surface area contributed by atoms with E-state index in [-0.39, 0.29) is 30.8 Å². The summed E-state index contributed by atoms with van der Waals surface area (Å²) in [6.07, 6.45) is 10.8. The van der Waals surface area contributed by atoms with E-state index in [9.17, 15) is 14.4 Å². The van der Waals surface area contributed by atoms with Crippen molar-refractivity contribution in [2.45, 2.75) is 71.1 Å². The number of hydrogen-bond acceptors (Lipinski definition) is 4. The van der Waals surface area contributed by atoms with E-state index in [1.165, 1.54) is 19.3 Å². The maximum atomic E-state index is 13.8. The first-order valence-electron chi connectivity index (χ1n) is 13.2. The number of benzene rings is 1. The summed E-state index contributed by atoms with van der Waals surface area (Å²) < 4.78 is 5.52. The summed E-state index contributed by atoms with van der Waals surface area (Å²) in [6.45, 7) is 3.12. The SMILES string of the molecule is CCOC(=O)[C@@]12CCCC=C1N(CCc1ccc(Cl)cc1)C(=O)[C@H]2CC(=O)NCC1CCCCC1. The van der Waals surface area contributed by atoms with Crippen molar-refractivity contribution in [3.8, 4) is 0 Å². The number of nitrogens with one attached hydrogen (secondary N) is 1. The van der Waals surface area contributed by atoms with E-state index >= 15 is 0 Å². The molecular weight excluding hydrogens is 464 g/mol. The molecule has 2 aliphatic carbocycles. The maximum absolute atomic E-state index is 13.8. The first kappa shape index (κ1) is 25.7. The minimum absolute atomic E-state index is 0.0130. The van der Waals surface area contributed by atoms with Crippen molar-refractivity contribution in [1.29, 1.82) is 0 Å². The van der Waals surface area contributed by atoms with Gasteiger partial charge in [-0.25, -0.2) is 0 Å².